The van der Waals surface area contributed by atoms with Crippen molar-refractivity contribution in [3.63, 3.8) is 0 Å². The third-order valence-electron chi connectivity index (χ3n) is 4.40. The van der Waals surface area contributed by atoms with E-state index in [2.05, 4.69) is 26.4 Å². The van der Waals surface area contributed by atoms with Crippen molar-refractivity contribution in [2.45, 2.75) is 12.7 Å². The number of carbonyl (C=O) groups is 1. The molecule has 148 valence electrons. The second kappa shape index (κ2) is 7.40. The zero-order valence-electron chi connectivity index (χ0n) is 15.1. The van der Waals surface area contributed by atoms with Gasteiger partial charge >= 0.3 is 12.2 Å². The lowest BCUT2D eigenvalue weighted by atomic mass is 10.2. The van der Waals surface area contributed by atoms with Gasteiger partial charge in [-0.3, -0.25) is 9.20 Å². The van der Waals surface area contributed by atoms with Gasteiger partial charge in [0.1, 0.15) is 29.5 Å². The summed E-state index contributed by atoms with van der Waals surface area (Å²) in [5.41, 5.74) is -0.0784. The average molecular weight is 401 g/mol. The van der Waals surface area contributed by atoms with E-state index in [0.717, 1.165) is 22.2 Å². The van der Waals surface area contributed by atoms with Crippen LogP contribution in [0, 0.1) is 0 Å². The number of benzene rings is 1. The Kier molecular flexibility index (Phi) is 4.77. The normalized spacial score (nSPS) is 13.8. The van der Waals surface area contributed by atoms with Gasteiger partial charge in [0.2, 0.25) is 0 Å². The first-order valence-corrected chi connectivity index (χ1v) is 8.81. The van der Waals surface area contributed by atoms with Crippen molar-refractivity contribution in [2.24, 2.45) is 5.10 Å². The fourth-order valence-electron chi connectivity index (χ4n) is 3.01. The van der Waals surface area contributed by atoms with Crippen LogP contribution in [0.15, 0.2) is 53.8 Å². The number of anilines is 1. The van der Waals surface area contributed by atoms with E-state index in [9.17, 15) is 18.0 Å². The maximum Gasteiger partial charge on any atom is 0.435 e. The second-order valence-corrected chi connectivity index (χ2v) is 6.35. The minimum absolute atomic E-state index is 0.0581. The Bertz CT molecular complexity index is 1110. The minimum atomic E-state index is -4.73. The third kappa shape index (κ3) is 3.83. The summed E-state index contributed by atoms with van der Waals surface area (Å²) >= 11 is 0. The summed E-state index contributed by atoms with van der Waals surface area (Å²) in [5, 5.41) is 8.40. The molecule has 3 aromatic rings. The minimum Gasteiger partial charge on any atom is -0.347 e. The molecule has 29 heavy (non-hydrogen) atoms. The lowest BCUT2D eigenvalue weighted by Gasteiger charge is -2.12. The first kappa shape index (κ1) is 18.7. The standard InChI is InChI=1S/C19H15F3N6O/c20-19(21,22)17-16(27-9-2-1-3-15(27)26-17)18(29)24-11-13-4-6-14(7-5-13)28-10-8-23-12-25-28/h1-7,9H,8,10-11H2,(H,24,29)/p+1. The molecule has 10 heteroatoms. The number of hydrazone groups is 1. The zero-order valence-corrected chi connectivity index (χ0v) is 15.1. The number of nitrogens with one attached hydrogen (secondary N) is 2. The van der Waals surface area contributed by atoms with Crippen LogP contribution in [0.2, 0.25) is 0 Å². The van der Waals surface area contributed by atoms with E-state index >= 15 is 0 Å². The van der Waals surface area contributed by atoms with Gasteiger partial charge in [0, 0.05) is 12.7 Å². The molecule has 0 atom stereocenters. The van der Waals surface area contributed by atoms with Gasteiger partial charge in [-0.05, 0) is 29.8 Å². The highest BCUT2D eigenvalue weighted by Gasteiger charge is 2.40. The van der Waals surface area contributed by atoms with E-state index in [4.69, 9.17) is 0 Å². The first-order chi connectivity index (χ1) is 13.9. The monoisotopic (exact) mass is 401 g/mol. The van der Waals surface area contributed by atoms with E-state index in [0.29, 0.717) is 6.54 Å². The van der Waals surface area contributed by atoms with E-state index in [1.807, 2.05) is 12.1 Å². The average Bonchev–Trinajstić information content (AvgIpc) is 3.13. The quantitative estimate of drug-likeness (QED) is 0.692. The Morgan fingerprint density at radius 1 is 1.21 bits per heavy atom. The van der Waals surface area contributed by atoms with Crippen molar-refractivity contribution in [3.8, 4) is 0 Å². The number of aromatic nitrogens is 2. The maximum absolute atomic E-state index is 13.4. The largest absolute Gasteiger partial charge is 0.435 e. The van der Waals surface area contributed by atoms with Gasteiger partial charge in [-0.1, -0.05) is 18.2 Å². The highest BCUT2D eigenvalue weighted by atomic mass is 19.4. The number of carbonyl (C=O) groups excluding carboxylic acids is 1. The van der Waals surface area contributed by atoms with E-state index in [1.54, 1.807) is 29.3 Å². The Morgan fingerprint density at radius 3 is 2.69 bits per heavy atom. The summed E-state index contributed by atoms with van der Waals surface area (Å²) in [7, 11) is 0. The summed E-state index contributed by atoms with van der Waals surface area (Å²) in [6, 6.07) is 14.4. The number of halogens is 3. The van der Waals surface area contributed by atoms with Crippen LogP contribution in [0.5, 0.6) is 0 Å². The molecule has 1 aliphatic rings. The number of imidazole rings is 1. The van der Waals surface area contributed by atoms with Crippen molar-refractivity contribution in [2.75, 3.05) is 18.1 Å². The van der Waals surface area contributed by atoms with Crippen molar-refractivity contribution < 1.29 is 23.0 Å². The molecule has 0 bridgehead atoms. The molecule has 0 aliphatic carbocycles. The molecule has 7 nitrogen and oxygen atoms in total. The van der Waals surface area contributed by atoms with Crippen LogP contribution in [0.3, 0.4) is 0 Å². The Labute approximate surface area is 163 Å². The third-order valence-corrected chi connectivity index (χ3v) is 4.40. The zero-order chi connectivity index (χ0) is 20.4. The number of fused-ring (bicyclic) bond motifs is 1. The van der Waals surface area contributed by atoms with Crippen LogP contribution in [0.4, 0.5) is 18.9 Å². The number of hydrogen-bond acceptors (Lipinski definition) is 4. The number of amides is 1. The summed E-state index contributed by atoms with van der Waals surface area (Å²) in [4.78, 5) is 19.0. The molecule has 4 rings (SSSR count). The molecular weight excluding hydrogens is 385 g/mol. The fraction of sp³-hybridized carbons (Fsp3) is 0.211. The van der Waals surface area contributed by atoms with Crippen LogP contribution in [-0.4, -0.2) is 34.4 Å². The van der Waals surface area contributed by atoms with Gasteiger partial charge < -0.3 is 5.32 Å². The molecule has 3 heterocycles. The molecule has 0 saturated heterocycles. The SMILES string of the molecule is O=C(NCc1ccc(N2CC[NH+]=C=N2)cc1)c1c(C(F)(F)F)nc2ccccn12. The summed E-state index contributed by atoms with van der Waals surface area (Å²) in [6.07, 6.45) is -3.35. The van der Waals surface area contributed by atoms with E-state index in [-0.39, 0.29) is 12.2 Å². The van der Waals surface area contributed by atoms with Crippen LogP contribution in [0.1, 0.15) is 21.7 Å². The van der Waals surface area contributed by atoms with Crippen LogP contribution in [-0.2, 0) is 12.7 Å². The van der Waals surface area contributed by atoms with E-state index in [1.165, 1.54) is 12.3 Å². The molecule has 2 N–H and O–H groups in total. The van der Waals surface area contributed by atoms with Gasteiger partial charge in [-0.2, -0.15) is 18.2 Å². The smallest absolute Gasteiger partial charge is 0.347 e. The summed E-state index contributed by atoms with van der Waals surface area (Å²) in [6.45, 7) is 1.49. The number of rotatable bonds is 4. The summed E-state index contributed by atoms with van der Waals surface area (Å²) in [5.74, 6) is -0.846. The Morgan fingerprint density at radius 2 is 2.00 bits per heavy atom. The summed E-state index contributed by atoms with van der Waals surface area (Å²) < 4.78 is 41.2. The molecule has 1 aromatic carbocycles. The molecular formula is C19H16F3N6O+. The van der Waals surface area contributed by atoms with Crippen LogP contribution >= 0.6 is 0 Å². The molecule has 2 aromatic heterocycles. The number of alkyl halides is 3. The predicted octanol–water partition coefficient (Wildman–Crippen LogP) is 1.27. The van der Waals surface area contributed by atoms with Gasteiger partial charge in [0.25, 0.3) is 5.91 Å². The van der Waals surface area contributed by atoms with Crippen molar-refractivity contribution in [1.29, 1.82) is 0 Å². The molecule has 1 amide bonds. The molecule has 1 aliphatic heterocycles. The second-order valence-electron chi connectivity index (χ2n) is 6.35. The van der Waals surface area contributed by atoms with Gasteiger partial charge in [-0.15, -0.1) is 0 Å². The number of nitrogens with zero attached hydrogens (tertiary/aromatic N) is 4. The molecule has 0 saturated carbocycles. The van der Waals surface area contributed by atoms with E-state index < -0.39 is 23.5 Å². The molecule has 0 unspecified atom stereocenters. The lowest BCUT2D eigenvalue weighted by Crippen LogP contribution is -2.71. The Balaban J connectivity index is 1.52. The molecule has 0 spiro atoms. The fourth-order valence-corrected chi connectivity index (χ4v) is 3.01. The molecule has 0 radical (unpaired) electrons. The van der Waals surface area contributed by atoms with Crippen molar-refractivity contribution >= 4 is 23.3 Å². The van der Waals surface area contributed by atoms with Crippen LogP contribution < -0.4 is 15.3 Å². The van der Waals surface area contributed by atoms with Gasteiger partial charge in [0.15, 0.2) is 5.69 Å². The van der Waals surface area contributed by atoms with Crippen molar-refractivity contribution in [3.05, 3.63) is 65.6 Å². The van der Waals surface area contributed by atoms with Gasteiger partial charge in [-0.25, -0.2) is 9.98 Å². The lowest BCUT2D eigenvalue weighted by molar-refractivity contribution is -0.449. The highest BCUT2D eigenvalue weighted by Crippen LogP contribution is 2.32. The number of pyridine rings is 1. The maximum atomic E-state index is 13.4. The molecule has 0 fully saturated rings. The number of hydrogen-bond donors (Lipinski definition) is 2. The predicted molar refractivity (Wildman–Crippen MR) is 98.4 cm³/mol. The van der Waals surface area contributed by atoms with Crippen LogP contribution in [0.25, 0.3) is 5.65 Å². The first-order valence-electron chi connectivity index (χ1n) is 8.81. The topological polar surface area (TPSA) is 76.0 Å². The van der Waals surface area contributed by atoms with Crippen molar-refractivity contribution in [1.82, 2.24) is 14.7 Å². The Hall–Kier alpha value is -3.65. The highest BCUT2D eigenvalue weighted by molar-refractivity contribution is 5.94. The van der Waals surface area contributed by atoms with Gasteiger partial charge in [0.05, 0.1) is 5.69 Å².